The Morgan fingerprint density at radius 1 is 1.25 bits per heavy atom. The first-order chi connectivity index (χ1) is 9.70. The predicted molar refractivity (Wildman–Crippen MR) is 85.3 cm³/mol. The summed E-state index contributed by atoms with van der Waals surface area (Å²) in [6.45, 7) is 8.72. The monoisotopic (exact) mass is 275 g/mol. The van der Waals surface area contributed by atoms with Crippen LogP contribution in [-0.4, -0.2) is 25.3 Å². The number of hydrogen-bond acceptors (Lipinski definition) is 2. The van der Waals surface area contributed by atoms with E-state index in [0.29, 0.717) is 18.1 Å². The summed E-state index contributed by atoms with van der Waals surface area (Å²) >= 11 is 0. The standard InChI is InChI=1S/C18H29NO/c1-4-11-19-17(18-6-5-12-20-18)13-15-7-9-16(10-8-15)14(2)3/h7-10,14,17-19H,4-6,11-13H2,1-3H3. The fourth-order valence-electron chi connectivity index (χ4n) is 2.88. The Morgan fingerprint density at radius 2 is 2.00 bits per heavy atom. The average molecular weight is 275 g/mol. The smallest absolute Gasteiger partial charge is 0.0732 e. The molecule has 1 aliphatic heterocycles. The average Bonchev–Trinajstić information content (AvgIpc) is 2.98. The predicted octanol–water partition coefficient (Wildman–Crippen LogP) is 3.90. The first-order valence-electron chi connectivity index (χ1n) is 8.14. The highest BCUT2D eigenvalue weighted by molar-refractivity contribution is 5.25. The lowest BCUT2D eigenvalue weighted by Gasteiger charge is -2.24. The lowest BCUT2D eigenvalue weighted by Crippen LogP contribution is -2.41. The highest BCUT2D eigenvalue weighted by Gasteiger charge is 2.25. The molecule has 0 aliphatic carbocycles. The highest BCUT2D eigenvalue weighted by atomic mass is 16.5. The van der Waals surface area contributed by atoms with Crippen LogP contribution in [-0.2, 0) is 11.2 Å². The van der Waals surface area contributed by atoms with E-state index in [1.807, 2.05) is 0 Å². The lowest BCUT2D eigenvalue weighted by atomic mass is 9.96. The first-order valence-corrected chi connectivity index (χ1v) is 8.14. The van der Waals surface area contributed by atoms with Crippen LogP contribution < -0.4 is 5.32 Å². The van der Waals surface area contributed by atoms with Crippen LogP contribution in [0.2, 0.25) is 0 Å². The van der Waals surface area contributed by atoms with Crippen molar-refractivity contribution in [1.29, 1.82) is 0 Å². The van der Waals surface area contributed by atoms with E-state index in [9.17, 15) is 0 Å². The number of ether oxygens (including phenoxy) is 1. The number of nitrogens with one attached hydrogen (secondary N) is 1. The fraction of sp³-hybridized carbons (Fsp3) is 0.667. The number of rotatable bonds is 7. The van der Waals surface area contributed by atoms with Gasteiger partial charge in [0.15, 0.2) is 0 Å². The van der Waals surface area contributed by atoms with Crippen LogP contribution in [0.15, 0.2) is 24.3 Å². The normalized spacial score (nSPS) is 20.5. The second-order valence-electron chi connectivity index (χ2n) is 6.21. The molecule has 0 amide bonds. The second kappa shape index (κ2) is 7.80. The third kappa shape index (κ3) is 4.32. The summed E-state index contributed by atoms with van der Waals surface area (Å²) < 4.78 is 5.88. The first kappa shape index (κ1) is 15.5. The summed E-state index contributed by atoms with van der Waals surface area (Å²) in [5.74, 6) is 0.608. The van der Waals surface area contributed by atoms with Crippen LogP contribution in [0.1, 0.15) is 57.1 Å². The van der Waals surface area contributed by atoms with Crippen LogP contribution in [0, 0.1) is 0 Å². The van der Waals surface area contributed by atoms with Crippen LogP contribution in [0.25, 0.3) is 0 Å². The summed E-state index contributed by atoms with van der Waals surface area (Å²) in [5, 5.41) is 3.67. The molecule has 1 heterocycles. The molecule has 2 rings (SSSR count). The summed E-state index contributed by atoms with van der Waals surface area (Å²) in [5.41, 5.74) is 2.84. The molecule has 1 saturated heterocycles. The molecule has 0 aromatic heterocycles. The van der Waals surface area contributed by atoms with Gasteiger partial charge in [-0.25, -0.2) is 0 Å². The maximum absolute atomic E-state index is 5.88. The second-order valence-corrected chi connectivity index (χ2v) is 6.21. The van der Waals surface area contributed by atoms with E-state index in [-0.39, 0.29) is 0 Å². The van der Waals surface area contributed by atoms with Gasteiger partial charge >= 0.3 is 0 Å². The van der Waals surface area contributed by atoms with E-state index in [4.69, 9.17) is 4.74 Å². The van der Waals surface area contributed by atoms with E-state index in [1.54, 1.807) is 0 Å². The van der Waals surface area contributed by atoms with Gasteiger partial charge in [0.1, 0.15) is 0 Å². The molecule has 2 heteroatoms. The van der Waals surface area contributed by atoms with Gasteiger partial charge in [-0.1, -0.05) is 45.0 Å². The Labute approximate surface area is 123 Å². The molecule has 2 atom stereocenters. The lowest BCUT2D eigenvalue weighted by molar-refractivity contribution is 0.0784. The zero-order valence-corrected chi connectivity index (χ0v) is 13.2. The van der Waals surface area contributed by atoms with Crippen molar-refractivity contribution in [3.05, 3.63) is 35.4 Å². The van der Waals surface area contributed by atoms with Gasteiger partial charge < -0.3 is 10.1 Å². The number of hydrogen-bond donors (Lipinski definition) is 1. The quantitative estimate of drug-likeness (QED) is 0.815. The Kier molecular flexibility index (Phi) is 6.06. The molecular weight excluding hydrogens is 246 g/mol. The molecule has 1 aromatic rings. The van der Waals surface area contributed by atoms with Crippen LogP contribution in [0.3, 0.4) is 0 Å². The third-order valence-corrected chi connectivity index (χ3v) is 4.17. The highest BCUT2D eigenvalue weighted by Crippen LogP contribution is 2.20. The molecule has 1 fully saturated rings. The van der Waals surface area contributed by atoms with E-state index < -0.39 is 0 Å². The van der Waals surface area contributed by atoms with Crippen molar-refractivity contribution in [3.8, 4) is 0 Å². The van der Waals surface area contributed by atoms with Crippen molar-refractivity contribution in [2.24, 2.45) is 0 Å². The third-order valence-electron chi connectivity index (χ3n) is 4.17. The van der Waals surface area contributed by atoms with E-state index >= 15 is 0 Å². The molecule has 0 radical (unpaired) electrons. The minimum atomic E-state index is 0.395. The fourth-order valence-corrected chi connectivity index (χ4v) is 2.88. The maximum Gasteiger partial charge on any atom is 0.0732 e. The molecule has 112 valence electrons. The van der Waals surface area contributed by atoms with Gasteiger partial charge in [-0.2, -0.15) is 0 Å². The van der Waals surface area contributed by atoms with Crippen LogP contribution in [0.4, 0.5) is 0 Å². The van der Waals surface area contributed by atoms with E-state index in [2.05, 4.69) is 50.4 Å². The van der Waals surface area contributed by atoms with Gasteiger partial charge in [-0.05, 0) is 49.3 Å². The maximum atomic E-state index is 5.88. The molecule has 1 N–H and O–H groups in total. The van der Waals surface area contributed by atoms with Crippen molar-refractivity contribution in [2.45, 2.75) is 64.5 Å². The van der Waals surface area contributed by atoms with Gasteiger partial charge in [-0.15, -0.1) is 0 Å². The van der Waals surface area contributed by atoms with Gasteiger partial charge in [0, 0.05) is 12.6 Å². The van der Waals surface area contributed by atoms with Gasteiger partial charge in [0.05, 0.1) is 6.10 Å². The van der Waals surface area contributed by atoms with Gasteiger partial charge in [-0.3, -0.25) is 0 Å². The zero-order valence-electron chi connectivity index (χ0n) is 13.2. The topological polar surface area (TPSA) is 21.3 Å². The van der Waals surface area contributed by atoms with Crippen LogP contribution in [0.5, 0.6) is 0 Å². The molecule has 0 saturated carbocycles. The van der Waals surface area contributed by atoms with E-state index in [1.165, 1.54) is 30.4 Å². The Hall–Kier alpha value is -0.860. The Balaban J connectivity index is 1.98. The SMILES string of the molecule is CCCNC(Cc1ccc(C(C)C)cc1)C1CCCO1. The van der Waals surface area contributed by atoms with Crippen molar-refractivity contribution >= 4 is 0 Å². The largest absolute Gasteiger partial charge is 0.377 e. The minimum Gasteiger partial charge on any atom is -0.377 e. The molecule has 0 spiro atoms. The van der Waals surface area contributed by atoms with Crippen molar-refractivity contribution in [2.75, 3.05) is 13.2 Å². The Morgan fingerprint density at radius 3 is 2.55 bits per heavy atom. The molecular formula is C18H29NO. The molecule has 2 nitrogen and oxygen atoms in total. The molecule has 20 heavy (non-hydrogen) atoms. The van der Waals surface area contributed by atoms with Gasteiger partial charge in [0.2, 0.25) is 0 Å². The minimum absolute atomic E-state index is 0.395. The van der Waals surface area contributed by atoms with Crippen molar-refractivity contribution < 1.29 is 4.74 Å². The van der Waals surface area contributed by atoms with Crippen molar-refractivity contribution in [1.82, 2.24) is 5.32 Å². The Bertz CT molecular complexity index is 379. The van der Waals surface area contributed by atoms with E-state index in [0.717, 1.165) is 19.6 Å². The zero-order chi connectivity index (χ0) is 14.4. The summed E-state index contributed by atoms with van der Waals surface area (Å²) in [4.78, 5) is 0. The van der Waals surface area contributed by atoms with Crippen LogP contribution >= 0.6 is 0 Å². The molecule has 1 aliphatic rings. The van der Waals surface area contributed by atoms with Gasteiger partial charge in [0.25, 0.3) is 0 Å². The molecule has 0 bridgehead atoms. The van der Waals surface area contributed by atoms with Crippen molar-refractivity contribution in [3.63, 3.8) is 0 Å². The molecule has 1 aromatic carbocycles. The summed E-state index contributed by atoms with van der Waals surface area (Å²) in [7, 11) is 0. The summed E-state index contributed by atoms with van der Waals surface area (Å²) in [6, 6.07) is 9.57. The molecule has 2 unspecified atom stereocenters. The summed E-state index contributed by atoms with van der Waals surface area (Å²) in [6.07, 6.45) is 5.05. The number of benzene rings is 1.